The van der Waals surface area contributed by atoms with Gasteiger partial charge in [0.2, 0.25) is 0 Å². The number of carbonyl (C=O) groups is 1. The van der Waals surface area contributed by atoms with E-state index in [9.17, 15) is 4.79 Å². The second-order valence-electron chi connectivity index (χ2n) is 6.33. The minimum Gasteiger partial charge on any atom is -0.455 e. The highest BCUT2D eigenvalue weighted by atomic mass is 127. The summed E-state index contributed by atoms with van der Waals surface area (Å²) in [5.74, 6) is -0.259. The van der Waals surface area contributed by atoms with Crippen molar-refractivity contribution >= 4 is 36.9 Å². The number of halogens is 1. The Morgan fingerprint density at radius 3 is 2.47 bits per heavy atom. The molecule has 0 amide bonds. The standard InChI is InChI=1S/C14H23IO3Si/c1-7-8-11-12(10(9-15)13(16)17-11)18-19(5,6)14(2,3)4/h7,9,11-12H,1,8H2,2-6H3/b10-9+/t11-,12+/m0/s1. The van der Waals surface area contributed by atoms with Crippen LogP contribution in [0.1, 0.15) is 27.2 Å². The van der Waals surface area contributed by atoms with E-state index in [4.69, 9.17) is 9.16 Å². The summed E-state index contributed by atoms with van der Waals surface area (Å²) >= 11 is 2.08. The predicted octanol–water partition coefficient (Wildman–Crippen LogP) is 4.20. The Morgan fingerprint density at radius 1 is 1.47 bits per heavy atom. The first-order valence-electron chi connectivity index (χ1n) is 6.44. The normalized spacial score (nSPS) is 26.6. The van der Waals surface area contributed by atoms with Crippen LogP contribution in [-0.4, -0.2) is 26.5 Å². The molecule has 0 aromatic rings. The summed E-state index contributed by atoms with van der Waals surface area (Å²) in [5.41, 5.74) is 0.636. The van der Waals surface area contributed by atoms with Gasteiger partial charge < -0.3 is 9.16 Å². The maximum absolute atomic E-state index is 11.8. The topological polar surface area (TPSA) is 35.5 Å². The summed E-state index contributed by atoms with van der Waals surface area (Å²) in [6.45, 7) is 14.7. The number of hydrogen-bond donors (Lipinski definition) is 0. The summed E-state index contributed by atoms with van der Waals surface area (Å²) in [4.78, 5) is 11.8. The molecule has 0 aromatic heterocycles. The highest BCUT2D eigenvalue weighted by Crippen LogP contribution is 2.40. The molecule has 0 unspecified atom stereocenters. The van der Waals surface area contributed by atoms with Crippen molar-refractivity contribution in [1.29, 1.82) is 0 Å². The van der Waals surface area contributed by atoms with E-state index in [1.54, 1.807) is 10.2 Å². The molecule has 19 heavy (non-hydrogen) atoms. The van der Waals surface area contributed by atoms with Crippen LogP contribution < -0.4 is 0 Å². The van der Waals surface area contributed by atoms with E-state index < -0.39 is 8.32 Å². The lowest BCUT2D eigenvalue weighted by Crippen LogP contribution is -2.46. The fraction of sp³-hybridized carbons (Fsp3) is 0.643. The lowest BCUT2D eigenvalue weighted by Gasteiger charge is -2.39. The summed E-state index contributed by atoms with van der Waals surface area (Å²) in [6.07, 6.45) is 1.90. The fourth-order valence-corrected chi connectivity index (χ4v) is 3.54. The Balaban J connectivity index is 3.00. The molecule has 0 spiro atoms. The van der Waals surface area contributed by atoms with Gasteiger partial charge >= 0.3 is 5.97 Å². The van der Waals surface area contributed by atoms with Crippen molar-refractivity contribution in [3.63, 3.8) is 0 Å². The summed E-state index contributed by atoms with van der Waals surface area (Å²) in [5, 5.41) is 0.105. The van der Waals surface area contributed by atoms with Gasteiger partial charge in [0.25, 0.3) is 0 Å². The molecule has 1 saturated heterocycles. The van der Waals surface area contributed by atoms with E-state index in [1.165, 1.54) is 0 Å². The van der Waals surface area contributed by atoms with Gasteiger partial charge in [-0.3, -0.25) is 0 Å². The lowest BCUT2D eigenvalue weighted by atomic mass is 10.1. The van der Waals surface area contributed by atoms with Crippen molar-refractivity contribution in [3.05, 3.63) is 22.3 Å². The van der Waals surface area contributed by atoms with Gasteiger partial charge in [0, 0.05) is 6.42 Å². The van der Waals surface area contributed by atoms with E-state index in [0.29, 0.717) is 12.0 Å². The molecule has 1 heterocycles. The van der Waals surface area contributed by atoms with E-state index in [1.807, 2.05) is 0 Å². The third kappa shape index (κ3) is 3.70. The predicted molar refractivity (Wildman–Crippen MR) is 88.9 cm³/mol. The van der Waals surface area contributed by atoms with Crippen LogP contribution in [0.5, 0.6) is 0 Å². The average molecular weight is 394 g/mol. The van der Waals surface area contributed by atoms with Crippen molar-refractivity contribution in [3.8, 4) is 0 Å². The second kappa shape index (κ2) is 6.09. The molecular weight excluding hydrogens is 371 g/mol. The van der Waals surface area contributed by atoms with E-state index in [0.717, 1.165) is 0 Å². The maximum Gasteiger partial charge on any atom is 0.337 e. The molecule has 0 bridgehead atoms. The average Bonchev–Trinajstić information content (AvgIpc) is 2.53. The first-order valence-corrected chi connectivity index (χ1v) is 10.6. The third-order valence-corrected chi connectivity index (χ3v) is 9.01. The zero-order chi connectivity index (χ0) is 14.8. The highest BCUT2D eigenvalue weighted by Gasteiger charge is 2.46. The first-order chi connectivity index (χ1) is 8.64. The minimum atomic E-state index is -1.94. The van der Waals surface area contributed by atoms with Gasteiger partial charge in [0.15, 0.2) is 8.32 Å². The van der Waals surface area contributed by atoms with Crippen molar-refractivity contribution in [2.24, 2.45) is 0 Å². The Hall–Kier alpha value is -0.143. The Labute approximate surface area is 130 Å². The summed E-state index contributed by atoms with van der Waals surface area (Å²) in [6, 6.07) is 0. The monoisotopic (exact) mass is 394 g/mol. The smallest absolute Gasteiger partial charge is 0.337 e. The van der Waals surface area contributed by atoms with E-state index in [2.05, 4.69) is 63.0 Å². The van der Waals surface area contributed by atoms with Crippen LogP contribution in [0.4, 0.5) is 0 Å². The number of hydrogen-bond acceptors (Lipinski definition) is 3. The molecule has 0 aliphatic carbocycles. The molecule has 5 heteroatoms. The van der Waals surface area contributed by atoms with Crippen LogP contribution in [0.3, 0.4) is 0 Å². The summed E-state index contributed by atoms with van der Waals surface area (Å²) in [7, 11) is -1.94. The Bertz CT molecular complexity index is 396. The van der Waals surface area contributed by atoms with Crippen molar-refractivity contribution in [2.45, 2.75) is 57.5 Å². The third-order valence-electron chi connectivity index (χ3n) is 3.88. The van der Waals surface area contributed by atoms with Crippen LogP contribution in [0, 0.1) is 0 Å². The highest BCUT2D eigenvalue weighted by molar-refractivity contribution is 14.1. The minimum absolute atomic E-state index is 0.105. The molecule has 1 rings (SSSR count). The molecule has 0 radical (unpaired) electrons. The second-order valence-corrected chi connectivity index (χ2v) is 11.7. The first kappa shape index (κ1) is 16.9. The van der Waals surface area contributed by atoms with Gasteiger partial charge in [0.1, 0.15) is 12.2 Å². The van der Waals surface area contributed by atoms with Gasteiger partial charge in [-0.05, 0) is 22.2 Å². The van der Waals surface area contributed by atoms with Crippen molar-refractivity contribution < 1.29 is 14.0 Å². The Kier molecular flexibility index (Phi) is 5.42. The molecule has 1 aliphatic heterocycles. The molecule has 0 N–H and O–H groups in total. The molecule has 0 saturated carbocycles. The zero-order valence-electron chi connectivity index (χ0n) is 12.3. The van der Waals surface area contributed by atoms with Crippen molar-refractivity contribution in [2.75, 3.05) is 0 Å². The fourth-order valence-electron chi connectivity index (χ4n) is 1.66. The largest absolute Gasteiger partial charge is 0.455 e. The quantitative estimate of drug-likeness (QED) is 0.236. The number of ether oxygens (including phenoxy) is 1. The Morgan fingerprint density at radius 2 is 2.05 bits per heavy atom. The number of esters is 1. The van der Waals surface area contributed by atoms with E-state index in [-0.39, 0.29) is 23.2 Å². The molecular formula is C14H23IO3Si. The van der Waals surface area contributed by atoms with Crippen LogP contribution in [0.25, 0.3) is 0 Å². The van der Waals surface area contributed by atoms with Gasteiger partial charge in [-0.1, -0.05) is 49.4 Å². The SMILES string of the molecule is C=CC[C@@H]1OC(=O)/C(=C/I)[C@H]1O[Si](C)(C)C(C)(C)C. The van der Waals surface area contributed by atoms with Crippen LogP contribution in [0.2, 0.25) is 18.1 Å². The number of carbonyl (C=O) groups excluding carboxylic acids is 1. The number of cyclic esters (lactones) is 1. The molecule has 2 atom stereocenters. The van der Waals surface area contributed by atoms with Gasteiger partial charge in [-0.15, -0.1) is 6.58 Å². The molecule has 108 valence electrons. The lowest BCUT2D eigenvalue weighted by molar-refractivity contribution is -0.139. The molecule has 3 nitrogen and oxygen atoms in total. The van der Waals surface area contributed by atoms with Gasteiger partial charge in [-0.2, -0.15) is 0 Å². The zero-order valence-corrected chi connectivity index (χ0v) is 15.5. The van der Waals surface area contributed by atoms with Crippen molar-refractivity contribution in [1.82, 2.24) is 0 Å². The van der Waals surface area contributed by atoms with E-state index >= 15 is 0 Å². The molecule has 1 aliphatic rings. The van der Waals surface area contributed by atoms with Crippen LogP contribution in [-0.2, 0) is 14.0 Å². The number of rotatable bonds is 4. The maximum atomic E-state index is 11.8. The van der Waals surface area contributed by atoms with Crippen LogP contribution in [0.15, 0.2) is 22.3 Å². The molecule has 0 aromatic carbocycles. The van der Waals surface area contributed by atoms with Gasteiger partial charge in [-0.25, -0.2) is 4.79 Å². The molecule has 1 fully saturated rings. The summed E-state index contributed by atoms with van der Waals surface area (Å²) < 4.78 is 13.5. The van der Waals surface area contributed by atoms with Gasteiger partial charge in [0.05, 0.1) is 5.57 Å². The van der Waals surface area contributed by atoms with Crippen LogP contribution >= 0.6 is 22.6 Å².